The number of carbonyl (C=O) groups excluding carboxylic acids is 4. The number of aliphatic hydroxyl groups excluding tert-OH is 1. The monoisotopic (exact) mass is 472 g/mol. The Morgan fingerprint density at radius 3 is 2.33 bits per heavy atom. The number of hydrogen-bond acceptors (Lipinski definition) is 8. The zero-order valence-electron chi connectivity index (χ0n) is 18.9. The van der Waals surface area contributed by atoms with Crippen molar-refractivity contribution < 1.29 is 34.2 Å². The van der Waals surface area contributed by atoms with Gasteiger partial charge in [-0.3, -0.25) is 19.2 Å². The standard InChI is InChI=1S/C20H36N6O7/c1-11(27)16(25-17(29)12(22)7-8-15(23)28)19(31)26-10-4-6-14(26)18(30)24-13(20(32)33)5-2-3-9-21/h11-14,16,27H,2-10,21-22H2,1H3,(H2,23,28)(H,24,30)(H,25,29)(H,32,33). The maximum atomic E-state index is 13.1. The molecule has 1 aliphatic heterocycles. The molecule has 0 bridgehead atoms. The first-order chi connectivity index (χ1) is 15.5. The van der Waals surface area contributed by atoms with E-state index in [0.29, 0.717) is 32.2 Å². The largest absolute Gasteiger partial charge is 0.480 e. The second-order valence-electron chi connectivity index (χ2n) is 8.21. The average Bonchev–Trinajstić information content (AvgIpc) is 3.24. The summed E-state index contributed by atoms with van der Waals surface area (Å²) in [6.07, 6.45) is 0.701. The van der Waals surface area contributed by atoms with Crippen LogP contribution in [0.4, 0.5) is 0 Å². The van der Waals surface area contributed by atoms with Crippen LogP contribution in [0.5, 0.6) is 0 Å². The van der Waals surface area contributed by atoms with Crippen LogP contribution in [0, 0.1) is 0 Å². The van der Waals surface area contributed by atoms with Crippen molar-refractivity contribution in [2.75, 3.05) is 13.1 Å². The van der Waals surface area contributed by atoms with Gasteiger partial charge in [0.25, 0.3) is 0 Å². The van der Waals surface area contributed by atoms with Gasteiger partial charge >= 0.3 is 5.97 Å². The summed E-state index contributed by atoms with van der Waals surface area (Å²) in [5, 5.41) is 24.3. The SMILES string of the molecule is CC(O)C(NC(=O)C(N)CCC(N)=O)C(=O)N1CCCC1C(=O)NC(CCCCN)C(=O)O. The van der Waals surface area contributed by atoms with E-state index in [-0.39, 0.29) is 25.8 Å². The van der Waals surface area contributed by atoms with Crippen LogP contribution in [0.1, 0.15) is 51.9 Å². The van der Waals surface area contributed by atoms with Gasteiger partial charge in [0.1, 0.15) is 18.1 Å². The first-order valence-corrected chi connectivity index (χ1v) is 11.1. The molecule has 1 heterocycles. The molecule has 5 unspecified atom stereocenters. The van der Waals surface area contributed by atoms with Crippen molar-refractivity contribution in [3.05, 3.63) is 0 Å². The molecule has 0 saturated carbocycles. The van der Waals surface area contributed by atoms with Crippen LogP contribution in [0.2, 0.25) is 0 Å². The maximum absolute atomic E-state index is 13.1. The summed E-state index contributed by atoms with van der Waals surface area (Å²) in [4.78, 5) is 61.8. The lowest BCUT2D eigenvalue weighted by Gasteiger charge is -2.31. The van der Waals surface area contributed by atoms with Crippen molar-refractivity contribution in [3.63, 3.8) is 0 Å². The summed E-state index contributed by atoms with van der Waals surface area (Å²) < 4.78 is 0. The second kappa shape index (κ2) is 13.7. The highest BCUT2D eigenvalue weighted by molar-refractivity contribution is 5.94. The molecule has 1 aliphatic rings. The van der Waals surface area contributed by atoms with E-state index >= 15 is 0 Å². The van der Waals surface area contributed by atoms with Crippen molar-refractivity contribution in [3.8, 4) is 0 Å². The predicted molar refractivity (Wildman–Crippen MR) is 117 cm³/mol. The van der Waals surface area contributed by atoms with E-state index in [2.05, 4.69) is 10.6 Å². The molecule has 0 aromatic rings. The fourth-order valence-electron chi connectivity index (χ4n) is 3.58. The van der Waals surface area contributed by atoms with Crippen LogP contribution in [-0.4, -0.2) is 88.1 Å². The summed E-state index contributed by atoms with van der Waals surface area (Å²) in [5.41, 5.74) is 16.2. The molecule has 0 aromatic carbocycles. The van der Waals surface area contributed by atoms with Gasteiger partial charge in [-0.1, -0.05) is 0 Å². The zero-order chi connectivity index (χ0) is 25.1. The third kappa shape index (κ3) is 8.94. The molecule has 5 atom stereocenters. The van der Waals surface area contributed by atoms with Crippen LogP contribution in [0.15, 0.2) is 0 Å². The molecule has 1 saturated heterocycles. The van der Waals surface area contributed by atoms with Gasteiger partial charge < -0.3 is 42.9 Å². The van der Waals surface area contributed by atoms with E-state index in [1.54, 1.807) is 0 Å². The van der Waals surface area contributed by atoms with Gasteiger partial charge in [0, 0.05) is 13.0 Å². The number of nitrogens with two attached hydrogens (primary N) is 3. The number of carbonyl (C=O) groups is 5. The summed E-state index contributed by atoms with van der Waals surface area (Å²) >= 11 is 0. The molecule has 4 amide bonds. The highest BCUT2D eigenvalue weighted by atomic mass is 16.4. The van der Waals surface area contributed by atoms with E-state index < -0.39 is 59.9 Å². The highest BCUT2D eigenvalue weighted by Gasteiger charge is 2.40. The topological polar surface area (TPSA) is 231 Å². The molecule has 0 spiro atoms. The number of carboxylic acids is 1. The minimum atomic E-state index is -1.37. The van der Waals surface area contributed by atoms with Crippen LogP contribution in [-0.2, 0) is 24.0 Å². The van der Waals surface area contributed by atoms with Crippen LogP contribution in [0.3, 0.4) is 0 Å². The van der Waals surface area contributed by atoms with Crippen LogP contribution >= 0.6 is 0 Å². The quantitative estimate of drug-likeness (QED) is 0.129. The summed E-state index contributed by atoms with van der Waals surface area (Å²) in [5.74, 6) is -3.87. The molecule has 13 nitrogen and oxygen atoms in total. The Balaban J connectivity index is 2.85. The van der Waals surface area contributed by atoms with E-state index in [4.69, 9.17) is 17.2 Å². The Morgan fingerprint density at radius 1 is 1.12 bits per heavy atom. The highest BCUT2D eigenvalue weighted by Crippen LogP contribution is 2.20. The number of amides is 4. The molecular formula is C20H36N6O7. The number of rotatable bonds is 14. The Labute approximate surface area is 192 Å². The zero-order valence-corrected chi connectivity index (χ0v) is 18.9. The van der Waals surface area contributed by atoms with E-state index in [9.17, 15) is 34.2 Å². The summed E-state index contributed by atoms with van der Waals surface area (Å²) in [6.45, 7) is 1.92. The van der Waals surface area contributed by atoms with E-state index in [0.717, 1.165) is 0 Å². The number of aliphatic carboxylic acids is 1. The first-order valence-electron chi connectivity index (χ1n) is 11.1. The Hall–Kier alpha value is -2.77. The number of aliphatic hydroxyl groups is 1. The normalized spacial score (nSPS) is 19.3. The Bertz CT molecular complexity index is 717. The molecule has 0 aliphatic carbocycles. The van der Waals surface area contributed by atoms with Crippen molar-refractivity contribution in [1.29, 1.82) is 0 Å². The molecule has 1 rings (SSSR count). The lowest BCUT2D eigenvalue weighted by atomic mass is 10.1. The van der Waals surface area contributed by atoms with Gasteiger partial charge in [0.05, 0.1) is 12.1 Å². The minimum absolute atomic E-state index is 0.0304. The molecule has 33 heavy (non-hydrogen) atoms. The Kier molecular flexibility index (Phi) is 11.7. The number of carboxylic acid groups (broad SMARTS) is 1. The number of hydrogen-bond donors (Lipinski definition) is 7. The smallest absolute Gasteiger partial charge is 0.326 e. The molecule has 0 radical (unpaired) electrons. The molecule has 13 heteroatoms. The molecule has 0 aromatic heterocycles. The fourth-order valence-corrected chi connectivity index (χ4v) is 3.58. The number of nitrogens with one attached hydrogen (secondary N) is 2. The van der Waals surface area contributed by atoms with Crippen molar-refractivity contribution in [2.45, 2.75) is 82.1 Å². The lowest BCUT2D eigenvalue weighted by molar-refractivity contribution is -0.146. The third-order valence-corrected chi connectivity index (χ3v) is 5.48. The number of unbranched alkanes of at least 4 members (excludes halogenated alkanes) is 1. The molecule has 1 fully saturated rings. The van der Waals surface area contributed by atoms with Gasteiger partial charge in [-0.2, -0.15) is 0 Å². The lowest BCUT2D eigenvalue weighted by Crippen LogP contribution is -2.59. The van der Waals surface area contributed by atoms with Gasteiger partial charge in [0.2, 0.25) is 23.6 Å². The van der Waals surface area contributed by atoms with Crippen molar-refractivity contribution in [1.82, 2.24) is 15.5 Å². The molecular weight excluding hydrogens is 436 g/mol. The van der Waals surface area contributed by atoms with Gasteiger partial charge in [-0.25, -0.2) is 4.79 Å². The van der Waals surface area contributed by atoms with Gasteiger partial charge in [-0.15, -0.1) is 0 Å². The summed E-state index contributed by atoms with van der Waals surface area (Å²) in [6, 6.07) is -4.54. The van der Waals surface area contributed by atoms with Gasteiger partial charge in [0.15, 0.2) is 0 Å². The maximum Gasteiger partial charge on any atom is 0.326 e. The van der Waals surface area contributed by atoms with E-state index in [1.165, 1.54) is 11.8 Å². The van der Waals surface area contributed by atoms with Crippen LogP contribution in [0.25, 0.3) is 0 Å². The minimum Gasteiger partial charge on any atom is -0.480 e. The van der Waals surface area contributed by atoms with Crippen molar-refractivity contribution in [2.24, 2.45) is 17.2 Å². The number of likely N-dealkylation sites (tertiary alicyclic amines) is 1. The first kappa shape index (κ1) is 28.3. The average molecular weight is 473 g/mol. The van der Waals surface area contributed by atoms with Crippen LogP contribution < -0.4 is 27.8 Å². The van der Waals surface area contributed by atoms with E-state index in [1.807, 2.05) is 0 Å². The van der Waals surface area contributed by atoms with Crippen molar-refractivity contribution >= 4 is 29.6 Å². The third-order valence-electron chi connectivity index (χ3n) is 5.48. The number of primary amides is 1. The summed E-state index contributed by atoms with van der Waals surface area (Å²) in [7, 11) is 0. The predicted octanol–water partition coefficient (Wildman–Crippen LogP) is -2.87. The number of nitrogens with zero attached hydrogens (tertiary/aromatic N) is 1. The second-order valence-corrected chi connectivity index (χ2v) is 8.21. The Morgan fingerprint density at radius 2 is 1.79 bits per heavy atom. The molecule has 188 valence electrons. The van der Waals surface area contributed by atoms with Gasteiger partial charge in [-0.05, 0) is 52.0 Å². The fraction of sp³-hybridized carbons (Fsp3) is 0.750. The molecule has 10 N–H and O–H groups in total.